The van der Waals surface area contributed by atoms with Crippen molar-refractivity contribution in [1.29, 1.82) is 0 Å². The molecule has 98 valence electrons. The van der Waals surface area contributed by atoms with Crippen molar-refractivity contribution in [2.45, 2.75) is 18.9 Å². The van der Waals surface area contributed by atoms with Gasteiger partial charge in [-0.15, -0.1) is 0 Å². The van der Waals surface area contributed by atoms with Crippen molar-refractivity contribution in [3.8, 4) is 0 Å². The SMILES string of the molecule is COCCN(C(=O)O)[C@@](C)(CC(=O)O)C(=O)O. The van der Waals surface area contributed by atoms with Crippen LogP contribution in [0.4, 0.5) is 4.79 Å². The minimum atomic E-state index is -2.02. The van der Waals surface area contributed by atoms with Crippen LogP contribution in [0.1, 0.15) is 13.3 Å². The smallest absolute Gasteiger partial charge is 0.408 e. The highest BCUT2D eigenvalue weighted by Gasteiger charge is 2.44. The number of carboxylic acid groups (broad SMARTS) is 3. The monoisotopic (exact) mass is 249 g/mol. The normalized spacial score (nSPS) is 13.8. The Labute approximate surface area is 97.4 Å². The second kappa shape index (κ2) is 6.04. The molecule has 8 heteroatoms. The molecule has 0 aliphatic heterocycles. The number of hydrogen-bond acceptors (Lipinski definition) is 4. The Kier molecular flexibility index (Phi) is 5.39. The van der Waals surface area contributed by atoms with Gasteiger partial charge in [-0.05, 0) is 6.92 Å². The zero-order valence-electron chi connectivity index (χ0n) is 9.54. The third kappa shape index (κ3) is 3.91. The molecule has 17 heavy (non-hydrogen) atoms. The lowest BCUT2D eigenvalue weighted by molar-refractivity contribution is -0.156. The second-order valence-corrected chi connectivity index (χ2v) is 3.58. The Bertz CT molecular complexity index is 316. The number of nitrogens with zero attached hydrogens (tertiary/aromatic N) is 1. The molecular weight excluding hydrogens is 234 g/mol. The van der Waals surface area contributed by atoms with E-state index in [4.69, 9.17) is 15.3 Å². The third-order valence-electron chi connectivity index (χ3n) is 2.30. The van der Waals surface area contributed by atoms with Crippen molar-refractivity contribution in [2.24, 2.45) is 0 Å². The number of hydrogen-bond donors (Lipinski definition) is 3. The van der Waals surface area contributed by atoms with Crippen molar-refractivity contribution in [1.82, 2.24) is 4.90 Å². The van der Waals surface area contributed by atoms with E-state index in [9.17, 15) is 14.4 Å². The second-order valence-electron chi connectivity index (χ2n) is 3.58. The summed E-state index contributed by atoms with van der Waals surface area (Å²) in [6, 6.07) is 0. The topological polar surface area (TPSA) is 124 Å². The first-order valence-corrected chi connectivity index (χ1v) is 4.70. The van der Waals surface area contributed by atoms with Crippen LogP contribution in [0.3, 0.4) is 0 Å². The molecule has 0 saturated carbocycles. The molecule has 0 bridgehead atoms. The van der Waals surface area contributed by atoms with Gasteiger partial charge < -0.3 is 20.1 Å². The van der Waals surface area contributed by atoms with E-state index in [1.807, 2.05) is 0 Å². The van der Waals surface area contributed by atoms with E-state index < -0.39 is 30.0 Å². The van der Waals surface area contributed by atoms with Crippen LogP contribution in [0.25, 0.3) is 0 Å². The van der Waals surface area contributed by atoms with Crippen LogP contribution in [0.2, 0.25) is 0 Å². The summed E-state index contributed by atoms with van der Waals surface area (Å²) < 4.78 is 4.66. The lowest BCUT2D eigenvalue weighted by Crippen LogP contribution is -2.56. The van der Waals surface area contributed by atoms with E-state index in [1.165, 1.54) is 7.11 Å². The lowest BCUT2D eigenvalue weighted by Gasteiger charge is -2.34. The third-order valence-corrected chi connectivity index (χ3v) is 2.30. The Morgan fingerprint density at radius 1 is 1.24 bits per heavy atom. The molecule has 0 fully saturated rings. The predicted molar refractivity (Wildman–Crippen MR) is 54.9 cm³/mol. The minimum Gasteiger partial charge on any atom is -0.481 e. The highest BCUT2D eigenvalue weighted by molar-refractivity contribution is 5.88. The molecule has 0 aliphatic rings. The maximum atomic E-state index is 11.1. The van der Waals surface area contributed by atoms with Crippen LogP contribution in [0.5, 0.6) is 0 Å². The first kappa shape index (κ1) is 15.2. The number of carbonyl (C=O) groups is 3. The average Bonchev–Trinajstić information content (AvgIpc) is 2.16. The summed E-state index contributed by atoms with van der Waals surface area (Å²) in [5.74, 6) is -2.91. The van der Waals surface area contributed by atoms with Gasteiger partial charge in [0, 0.05) is 13.7 Å². The molecule has 0 radical (unpaired) electrons. The molecular formula is C9H15NO7. The highest BCUT2D eigenvalue weighted by atomic mass is 16.5. The van der Waals surface area contributed by atoms with Gasteiger partial charge in [-0.3, -0.25) is 9.69 Å². The standard InChI is InChI=1S/C9H15NO7/c1-9(7(13)14,5-6(11)12)10(8(15)16)3-4-17-2/h3-5H2,1-2H3,(H,11,12)(H,13,14)(H,15,16)/t9-/m0/s1. The minimum absolute atomic E-state index is 0.0191. The number of ether oxygens (including phenoxy) is 1. The van der Waals surface area contributed by atoms with Gasteiger partial charge in [0.05, 0.1) is 13.0 Å². The van der Waals surface area contributed by atoms with E-state index in [1.54, 1.807) is 0 Å². The molecule has 0 heterocycles. The zero-order valence-corrected chi connectivity index (χ0v) is 9.54. The molecule has 0 aromatic rings. The molecule has 1 amide bonds. The number of methoxy groups -OCH3 is 1. The molecule has 0 unspecified atom stereocenters. The fourth-order valence-electron chi connectivity index (χ4n) is 1.32. The van der Waals surface area contributed by atoms with Gasteiger partial charge in [-0.1, -0.05) is 0 Å². The van der Waals surface area contributed by atoms with Crippen LogP contribution in [0, 0.1) is 0 Å². The summed E-state index contributed by atoms with van der Waals surface area (Å²) >= 11 is 0. The van der Waals surface area contributed by atoms with E-state index in [0.717, 1.165) is 6.92 Å². The molecule has 0 spiro atoms. The first-order valence-electron chi connectivity index (χ1n) is 4.70. The predicted octanol–water partition coefficient (Wildman–Crippen LogP) is -0.0692. The fourth-order valence-corrected chi connectivity index (χ4v) is 1.32. The molecule has 0 aromatic carbocycles. The summed E-state index contributed by atoms with van der Waals surface area (Å²) in [7, 11) is 1.33. The summed E-state index contributed by atoms with van der Waals surface area (Å²) in [5.41, 5.74) is -2.02. The molecule has 0 saturated heterocycles. The molecule has 3 N–H and O–H groups in total. The van der Waals surface area contributed by atoms with Crippen LogP contribution < -0.4 is 0 Å². The van der Waals surface area contributed by atoms with Gasteiger partial charge in [0.25, 0.3) is 0 Å². The van der Waals surface area contributed by atoms with Gasteiger partial charge in [-0.25, -0.2) is 9.59 Å². The van der Waals surface area contributed by atoms with Crippen LogP contribution in [-0.4, -0.2) is 64.1 Å². The number of aliphatic carboxylic acids is 2. The molecule has 0 rings (SSSR count). The highest BCUT2D eigenvalue weighted by Crippen LogP contribution is 2.20. The van der Waals surface area contributed by atoms with E-state index in [-0.39, 0.29) is 13.2 Å². The Balaban J connectivity index is 5.14. The van der Waals surface area contributed by atoms with Crippen LogP contribution >= 0.6 is 0 Å². The lowest BCUT2D eigenvalue weighted by atomic mass is 9.96. The van der Waals surface area contributed by atoms with Gasteiger partial charge in [-0.2, -0.15) is 0 Å². The van der Waals surface area contributed by atoms with Crippen LogP contribution in [-0.2, 0) is 14.3 Å². The summed E-state index contributed by atoms with van der Waals surface area (Å²) in [5, 5.41) is 26.5. The van der Waals surface area contributed by atoms with Crippen molar-refractivity contribution in [3.63, 3.8) is 0 Å². The Morgan fingerprint density at radius 3 is 2.06 bits per heavy atom. The quantitative estimate of drug-likeness (QED) is 0.576. The van der Waals surface area contributed by atoms with Crippen molar-refractivity contribution in [3.05, 3.63) is 0 Å². The summed E-state index contributed by atoms with van der Waals surface area (Å²) in [4.78, 5) is 33.2. The Hall–Kier alpha value is -1.83. The fraction of sp³-hybridized carbons (Fsp3) is 0.667. The van der Waals surface area contributed by atoms with Gasteiger partial charge in [0.2, 0.25) is 0 Å². The van der Waals surface area contributed by atoms with Crippen molar-refractivity contribution < 1.29 is 34.4 Å². The van der Waals surface area contributed by atoms with E-state index >= 15 is 0 Å². The maximum absolute atomic E-state index is 11.1. The average molecular weight is 249 g/mol. The first-order chi connectivity index (χ1) is 7.75. The van der Waals surface area contributed by atoms with Crippen LogP contribution in [0.15, 0.2) is 0 Å². The van der Waals surface area contributed by atoms with Crippen molar-refractivity contribution in [2.75, 3.05) is 20.3 Å². The maximum Gasteiger partial charge on any atom is 0.408 e. The van der Waals surface area contributed by atoms with Gasteiger partial charge in [0.1, 0.15) is 0 Å². The van der Waals surface area contributed by atoms with E-state index in [2.05, 4.69) is 4.74 Å². The zero-order chi connectivity index (χ0) is 13.6. The Morgan fingerprint density at radius 2 is 1.76 bits per heavy atom. The largest absolute Gasteiger partial charge is 0.481 e. The summed E-state index contributed by atoms with van der Waals surface area (Å²) in [6.07, 6.45) is -2.33. The number of amides is 1. The summed E-state index contributed by atoms with van der Waals surface area (Å²) in [6.45, 7) is 0.809. The number of carboxylic acids is 2. The van der Waals surface area contributed by atoms with Gasteiger partial charge in [0.15, 0.2) is 5.54 Å². The number of rotatable bonds is 7. The van der Waals surface area contributed by atoms with E-state index in [0.29, 0.717) is 4.90 Å². The van der Waals surface area contributed by atoms with Gasteiger partial charge >= 0.3 is 18.0 Å². The molecule has 1 atom stereocenters. The molecule has 8 nitrogen and oxygen atoms in total. The molecule has 0 aliphatic carbocycles. The molecule has 0 aromatic heterocycles. The van der Waals surface area contributed by atoms with Crippen molar-refractivity contribution >= 4 is 18.0 Å².